The van der Waals surface area contributed by atoms with E-state index in [1.807, 2.05) is 43.3 Å². The van der Waals surface area contributed by atoms with Gasteiger partial charge in [0.2, 0.25) is 5.91 Å². The van der Waals surface area contributed by atoms with Crippen molar-refractivity contribution in [2.75, 3.05) is 25.5 Å². The third-order valence-corrected chi connectivity index (χ3v) is 4.94. The Morgan fingerprint density at radius 1 is 1.14 bits per heavy atom. The lowest BCUT2D eigenvalue weighted by Crippen LogP contribution is -2.24. The topological polar surface area (TPSA) is 62.5 Å². The number of nitrogens with zero attached hydrogens (tertiary/aromatic N) is 4. The predicted molar refractivity (Wildman–Crippen MR) is 103 cm³/mol. The maximum Gasteiger partial charge on any atom is 0.257 e. The van der Waals surface area contributed by atoms with Gasteiger partial charge in [0.25, 0.3) is 5.89 Å². The van der Waals surface area contributed by atoms with E-state index < -0.39 is 0 Å². The van der Waals surface area contributed by atoms with Gasteiger partial charge in [-0.25, -0.2) is 4.39 Å². The molecular formula is C21H21FN4O2. The number of amides is 1. The summed E-state index contributed by atoms with van der Waals surface area (Å²) in [4.78, 5) is 20.6. The highest BCUT2D eigenvalue weighted by molar-refractivity contribution is 5.79. The summed E-state index contributed by atoms with van der Waals surface area (Å²) in [5.74, 6) is 0.640. The molecule has 3 aromatic rings. The van der Waals surface area contributed by atoms with Gasteiger partial charge in [0, 0.05) is 50.8 Å². The van der Waals surface area contributed by atoms with Gasteiger partial charge in [0.15, 0.2) is 5.82 Å². The van der Waals surface area contributed by atoms with Gasteiger partial charge >= 0.3 is 0 Å². The number of benzene rings is 2. The van der Waals surface area contributed by atoms with Crippen LogP contribution in [0.5, 0.6) is 0 Å². The molecule has 0 saturated carbocycles. The van der Waals surface area contributed by atoms with Gasteiger partial charge in [-0.15, -0.1) is 0 Å². The third-order valence-electron chi connectivity index (χ3n) is 4.94. The van der Waals surface area contributed by atoms with E-state index in [0.717, 1.165) is 16.8 Å². The summed E-state index contributed by atoms with van der Waals surface area (Å²) >= 11 is 0. The molecule has 0 spiro atoms. The largest absolute Gasteiger partial charge is 0.378 e. The van der Waals surface area contributed by atoms with Crippen molar-refractivity contribution in [1.29, 1.82) is 0 Å². The Bertz CT molecular complexity index is 967. The van der Waals surface area contributed by atoms with E-state index in [0.29, 0.717) is 31.2 Å². The molecule has 6 nitrogen and oxygen atoms in total. The lowest BCUT2D eigenvalue weighted by Gasteiger charge is -2.16. The summed E-state index contributed by atoms with van der Waals surface area (Å²) in [5, 5.41) is 4.09. The normalized spacial score (nSPS) is 16.6. The summed E-state index contributed by atoms with van der Waals surface area (Å²) in [6, 6.07) is 14.0. The molecule has 1 unspecified atom stereocenters. The standard InChI is InChI=1S/C21H21FN4O2/c1-25(2)18-9-5-15(6-10-18)21-23-20(24-28-21)16-11-19(27)26(13-16)12-14-3-7-17(22)8-4-14/h3-10,16H,11-13H2,1-2H3. The number of carbonyl (C=O) groups excluding carboxylic acids is 1. The number of aromatic nitrogens is 2. The zero-order chi connectivity index (χ0) is 19.7. The molecule has 4 rings (SSSR count). The predicted octanol–water partition coefficient (Wildman–Crippen LogP) is 3.46. The minimum absolute atomic E-state index is 0.0380. The minimum atomic E-state index is -0.285. The summed E-state index contributed by atoms with van der Waals surface area (Å²) in [6.45, 7) is 0.973. The summed E-state index contributed by atoms with van der Waals surface area (Å²) < 4.78 is 18.5. The van der Waals surface area contributed by atoms with Crippen LogP contribution in [0.1, 0.15) is 23.7 Å². The molecule has 0 N–H and O–H groups in total. The van der Waals surface area contributed by atoms with Crippen molar-refractivity contribution in [3.8, 4) is 11.5 Å². The lowest BCUT2D eigenvalue weighted by molar-refractivity contribution is -0.128. The van der Waals surface area contributed by atoms with Crippen LogP contribution in [0.3, 0.4) is 0 Å². The number of halogens is 1. The van der Waals surface area contributed by atoms with Crippen LogP contribution < -0.4 is 4.90 Å². The van der Waals surface area contributed by atoms with Gasteiger partial charge in [-0.3, -0.25) is 4.79 Å². The molecule has 7 heteroatoms. The lowest BCUT2D eigenvalue weighted by atomic mass is 10.1. The van der Waals surface area contributed by atoms with Crippen LogP contribution in [0.15, 0.2) is 53.1 Å². The summed E-state index contributed by atoms with van der Waals surface area (Å²) in [5.41, 5.74) is 2.82. The van der Waals surface area contributed by atoms with Crippen molar-refractivity contribution >= 4 is 11.6 Å². The van der Waals surface area contributed by atoms with Crippen LogP contribution in [0.2, 0.25) is 0 Å². The first-order valence-corrected chi connectivity index (χ1v) is 9.13. The molecular weight excluding hydrogens is 359 g/mol. The van der Waals surface area contributed by atoms with Gasteiger partial charge in [0.05, 0.1) is 0 Å². The monoisotopic (exact) mass is 380 g/mol. The van der Waals surface area contributed by atoms with Crippen LogP contribution in [-0.4, -0.2) is 41.6 Å². The zero-order valence-electron chi connectivity index (χ0n) is 15.8. The maximum atomic E-state index is 13.1. The average molecular weight is 380 g/mol. The fourth-order valence-electron chi connectivity index (χ4n) is 3.33. The maximum absolute atomic E-state index is 13.1. The Hall–Kier alpha value is -3.22. The van der Waals surface area contributed by atoms with Gasteiger partial charge in [-0.2, -0.15) is 4.98 Å². The number of anilines is 1. The molecule has 1 atom stereocenters. The Morgan fingerprint density at radius 3 is 2.54 bits per heavy atom. The molecule has 1 amide bonds. The smallest absolute Gasteiger partial charge is 0.257 e. The molecule has 28 heavy (non-hydrogen) atoms. The van der Waals surface area contributed by atoms with Crippen LogP contribution in [0.25, 0.3) is 11.5 Å². The fourth-order valence-corrected chi connectivity index (χ4v) is 3.33. The molecule has 2 heterocycles. The van der Waals surface area contributed by atoms with E-state index in [9.17, 15) is 9.18 Å². The van der Waals surface area contributed by atoms with Crippen molar-refractivity contribution < 1.29 is 13.7 Å². The van der Waals surface area contributed by atoms with E-state index in [-0.39, 0.29) is 17.6 Å². The number of carbonyl (C=O) groups is 1. The van der Waals surface area contributed by atoms with Gasteiger partial charge in [-0.1, -0.05) is 17.3 Å². The molecule has 0 aliphatic carbocycles. The van der Waals surface area contributed by atoms with Crippen LogP contribution in [0.4, 0.5) is 10.1 Å². The second-order valence-corrected chi connectivity index (χ2v) is 7.20. The Balaban J connectivity index is 1.45. The number of hydrogen-bond donors (Lipinski definition) is 0. The van der Waals surface area contributed by atoms with E-state index in [4.69, 9.17) is 4.52 Å². The van der Waals surface area contributed by atoms with E-state index >= 15 is 0 Å². The average Bonchev–Trinajstić information content (AvgIpc) is 3.31. The minimum Gasteiger partial charge on any atom is -0.378 e. The quantitative estimate of drug-likeness (QED) is 0.678. The molecule has 2 aromatic carbocycles. The van der Waals surface area contributed by atoms with E-state index in [1.54, 1.807) is 17.0 Å². The highest BCUT2D eigenvalue weighted by Gasteiger charge is 2.33. The van der Waals surface area contributed by atoms with Crippen molar-refractivity contribution in [1.82, 2.24) is 15.0 Å². The molecule has 1 saturated heterocycles. The number of hydrogen-bond acceptors (Lipinski definition) is 5. The zero-order valence-corrected chi connectivity index (χ0v) is 15.8. The Kier molecular flexibility index (Phi) is 4.81. The van der Waals surface area contributed by atoms with Crippen LogP contribution in [0, 0.1) is 5.82 Å². The fraction of sp³-hybridized carbons (Fsp3) is 0.286. The summed E-state index contributed by atoms with van der Waals surface area (Å²) in [7, 11) is 3.96. The molecule has 1 fully saturated rings. The second-order valence-electron chi connectivity index (χ2n) is 7.20. The molecule has 0 radical (unpaired) electrons. The first kappa shape index (κ1) is 18.2. The SMILES string of the molecule is CN(C)c1ccc(-c2nc(C3CC(=O)N(Cc4ccc(F)cc4)C3)no2)cc1. The Morgan fingerprint density at radius 2 is 1.86 bits per heavy atom. The number of rotatable bonds is 5. The molecule has 1 aromatic heterocycles. The van der Waals surface area contributed by atoms with E-state index in [2.05, 4.69) is 10.1 Å². The van der Waals surface area contributed by atoms with E-state index in [1.165, 1.54) is 12.1 Å². The second kappa shape index (κ2) is 7.42. The molecule has 1 aliphatic heterocycles. The Labute approximate surface area is 162 Å². The van der Waals surface area contributed by atoms with Crippen LogP contribution >= 0.6 is 0 Å². The van der Waals surface area contributed by atoms with Crippen molar-refractivity contribution in [2.45, 2.75) is 18.9 Å². The highest BCUT2D eigenvalue weighted by atomic mass is 19.1. The third kappa shape index (κ3) is 3.74. The summed E-state index contributed by atoms with van der Waals surface area (Å²) in [6.07, 6.45) is 0.347. The molecule has 144 valence electrons. The van der Waals surface area contributed by atoms with Crippen molar-refractivity contribution in [2.24, 2.45) is 0 Å². The highest BCUT2D eigenvalue weighted by Crippen LogP contribution is 2.29. The van der Waals surface area contributed by atoms with Gasteiger partial charge in [0.1, 0.15) is 5.82 Å². The number of likely N-dealkylation sites (tertiary alicyclic amines) is 1. The van der Waals surface area contributed by atoms with Gasteiger partial charge < -0.3 is 14.3 Å². The van der Waals surface area contributed by atoms with Crippen molar-refractivity contribution in [3.63, 3.8) is 0 Å². The van der Waals surface area contributed by atoms with Crippen molar-refractivity contribution in [3.05, 3.63) is 65.7 Å². The molecule has 1 aliphatic rings. The van der Waals surface area contributed by atoms with Crippen LogP contribution in [-0.2, 0) is 11.3 Å². The first-order chi connectivity index (χ1) is 13.5. The first-order valence-electron chi connectivity index (χ1n) is 9.13. The molecule has 0 bridgehead atoms. The van der Waals surface area contributed by atoms with Gasteiger partial charge in [-0.05, 0) is 42.0 Å².